The molecule has 1 aromatic heterocycles. The first-order valence-corrected chi connectivity index (χ1v) is 9.22. The number of ether oxygens (including phenoxy) is 2. The minimum atomic E-state index is -0.0902. The Labute approximate surface area is 161 Å². The first-order chi connectivity index (χ1) is 13.7. The van der Waals surface area contributed by atoms with E-state index in [-0.39, 0.29) is 18.6 Å². The van der Waals surface area contributed by atoms with E-state index in [9.17, 15) is 4.79 Å². The number of amides is 1. The normalized spacial score (nSPS) is 18.1. The van der Waals surface area contributed by atoms with Crippen molar-refractivity contribution in [3.05, 3.63) is 59.5 Å². The van der Waals surface area contributed by atoms with Crippen molar-refractivity contribution in [1.82, 2.24) is 15.0 Å². The Balaban J connectivity index is 1.31. The standard InChI is InChI=1S/C21H19N3O4/c1-13-3-2-4-14(7-13)10-24-11-16(9-19(24)25)21-22-20(23-28-21)15-5-6-17-18(8-15)27-12-26-17/h2-8,16H,9-12H2,1H3. The highest BCUT2D eigenvalue weighted by Crippen LogP contribution is 2.36. The molecule has 0 aliphatic carbocycles. The minimum Gasteiger partial charge on any atom is -0.454 e. The van der Waals surface area contributed by atoms with Gasteiger partial charge in [-0.25, -0.2) is 0 Å². The van der Waals surface area contributed by atoms with Gasteiger partial charge in [-0.2, -0.15) is 4.98 Å². The summed E-state index contributed by atoms with van der Waals surface area (Å²) in [7, 11) is 0. The Morgan fingerprint density at radius 3 is 2.93 bits per heavy atom. The van der Waals surface area contributed by atoms with Crippen LogP contribution in [0.1, 0.15) is 29.4 Å². The number of hydrogen-bond donors (Lipinski definition) is 0. The van der Waals surface area contributed by atoms with E-state index in [1.165, 1.54) is 5.56 Å². The summed E-state index contributed by atoms with van der Waals surface area (Å²) < 4.78 is 16.2. The fraction of sp³-hybridized carbons (Fsp3) is 0.286. The molecule has 1 unspecified atom stereocenters. The van der Waals surface area contributed by atoms with E-state index in [0.29, 0.717) is 42.7 Å². The van der Waals surface area contributed by atoms with E-state index >= 15 is 0 Å². The molecule has 5 rings (SSSR count). The Kier molecular flexibility index (Phi) is 4.00. The zero-order valence-corrected chi connectivity index (χ0v) is 15.4. The lowest BCUT2D eigenvalue weighted by molar-refractivity contribution is -0.128. The van der Waals surface area contributed by atoms with Crippen LogP contribution < -0.4 is 9.47 Å². The highest BCUT2D eigenvalue weighted by atomic mass is 16.7. The van der Waals surface area contributed by atoms with Crippen LogP contribution in [0.3, 0.4) is 0 Å². The molecule has 28 heavy (non-hydrogen) atoms. The number of rotatable bonds is 4. The zero-order valence-electron chi connectivity index (χ0n) is 15.4. The van der Waals surface area contributed by atoms with Gasteiger partial charge >= 0.3 is 0 Å². The third-order valence-corrected chi connectivity index (χ3v) is 5.09. The molecule has 0 bridgehead atoms. The van der Waals surface area contributed by atoms with E-state index in [4.69, 9.17) is 14.0 Å². The lowest BCUT2D eigenvalue weighted by Gasteiger charge is -2.16. The predicted octanol–water partition coefficient (Wildman–Crippen LogP) is 3.29. The molecule has 0 spiro atoms. The van der Waals surface area contributed by atoms with E-state index in [1.807, 2.05) is 48.2 Å². The number of carbonyl (C=O) groups is 1. The number of aryl methyl sites for hydroxylation is 1. The van der Waals surface area contributed by atoms with Gasteiger partial charge in [-0.3, -0.25) is 4.79 Å². The number of benzene rings is 2. The van der Waals surface area contributed by atoms with Crippen LogP contribution in [0.5, 0.6) is 11.5 Å². The summed E-state index contributed by atoms with van der Waals surface area (Å²) in [5.41, 5.74) is 3.10. The molecular formula is C21H19N3O4. The van der Waals surface area contributed by atoms with E-state index < -0.39 is 0 Å². The molecule has 2 aliphatic heterocycles. The molecule has 0 N–H and O–H groups in total. The van der Waals surface area contributed by atoms with Crippen molar-refractivity contribution in [2.24, 2.45) is 0 Å². The Bertz CT molecular complexity index is 1050. The molecule has 0 saturated carbocycles. The second kappa shape index (κ2) is 6.67. The zero-order chi connectivity index (χ0) is 19.1. The van der Waals surface area contributed by atoms with Crippen LogP contribution in [0.4, 0.5) is 0 Å². The largest absolute Gasteiger partial charge is 0.454 e. The smallest absolute Gasteiger partial charge is 0.232 e. The number of hydrogen-bond acceptors (Lipinski definition) is 6. The summed E-state index contributed by atoms with van der Waals surface area (Å²) in [6, 6.07) is 13.7. The topological polar surface area (TPSA) is 77.7 Å². The van der Waals surface area contributed by atoms with E-state index in [2.05, 4.69) is 16.2 Å². The predicted molar refractivity (Wildman–Crippen MR) is 99.8 cm³/mol. The molecule has 7 nitrogen and oxygen atoms in total. The second-order valence-corrected chi connectivity index (χ2v) is 7.19. The quantitative estimate of drug-likeness (QED) is 0.694. The van der Waals surface area contributed by atoms with Gasteiger partial charge in [0, 0.05) is 25.1 Å². The third-order valence-electron chi connectivity index (χ3n) is 5.09. The first kappa shape index (κ1) is 16.8. The number of likely N-dealkylation sites (tertiary alicyclic amines) is 1. The minimum absolute atomic E-state index is 0.0902. The van der Waals surface area contributed by atoms with Crippen LogP contribution in [0.25, 0.3) is 11.4 Å². The van der Waals surface area contributed by atoms with Crippen molar-refractivity contribution in [3.8, 4) is 22.9 Å². The third kappa shape index (κ3) is 3.09. The van der Waals surface area contributed by atoms with Gasteiger partial charge in [-0.05, 0) is 30.7 Å². The average molecular weight is 377 g/mol. The molecule has 3 heterocycles. The van der Waals surface area contributed by atoms with Gasteiger partial charge in [0.25, 0.3) is 0 Å². The monoisotopic (exact) mass is 377 g/mol. The average Bonchev–Trinajstić information content (AvgIpc) is 3.41. The number of fused-ring (bicyclic) bond motifs is 1. The maximum Gasteiger partial charge on any atom is 0.232 e. The molecule has 142 valence electrons. The van der Waals surface area contributed by atoms with Crippen LogP contribution in [-0.2, 0) is 11.3 Å². The molecule has 1 amide bonds. The Morgan fingerprint density at radius 1 is 1.14 bits per heavy atom. The SMILES string of the molecule is Cc1cccc(CN2CC(c3nc(-c4ccc5c(c4)OCO5)no3)CC2=O)c1. The van der Waals surface area contributed by atoms with Gasteiger partial charge in [0.2, 0.25) is 24.4 Å². The second-order valence-electron chi connectivity index (χ2n) is 7.19. The number of nitrogens with zero attached hydrogens (tertiary/aromatic N) is 3. The highest BCUT2D eigenvalue weighted by Gasteiger charge is 2.34. The lowest BCUT2D eigenvalue weighted by Crippen LogP contribution is -2.24. The fourth-order valence-corrected chi connectivity index (χ4v) is 3.68. The summed E-state index contributed by atoms with van der Waals surface area (Å²) in [4.78, 5) is 18.8. The van der Waals surface area contributed by atoms with Crippen LogP contribution in [-0.4, -0.2) is 34.3 Å². The van der Waals surface area contributed by atoms with Crippen LogP contribution in [0.2, 0.25) is 0 Å². The van der Waals surface area contributed by atoms with Crippen molar-refractivity contribution in [2.75, 3.05) is 13.3 Å². The number of aromatic nitrogens is 2. The van der Waals surface area contributed by atoms with Gasteiger partial charge < -0.3 is 18.9 Å². The summed E-state index contributed by atoms with van der Waals surface area (Å²) in [5.74, 6) is 2.37. The maximum absolute atomic E-state index is 12.5. The molecular weight excluding hydrogens is 358 g/mol. The van der Waals surface area contributed by atoms with Crippen molar-refractivity contribution >= 4 is 5.91 Å². The molecule has 1 fully saturated rings. The van der Waals surface area contributed by atoms with Gasteiger partial charge in [0.05, 0.1) is 5.92 Å². The summed E-state index contributed by atoms with van der Waals surface area (Å²) in [6.07, 6.45) is 0.384. The maximum atomic E-state index is 12.5. The van der Waals surface area contributed by atoms with E-state index in [1.54, 1.807) is 0 Å². The van der Waals surface area contributed by atoms with Crippen molar-refractivity contribution < 1.29 is 18.8 Å². The van der Waals surface area contributed by atoms with Crippen molar-refractivity contribution in [2.45, 2.75) is 25.8 Å². The van der Waals surface area contributed by atoms with Gasteiger partial charge in [-0.15, -0.1) is 0 Å². The molecule has 3 aromatic rings. The van der Waals surface area contributed by atoms with Crippen molar-refractivity contribution in [3.63, 3.8) is 0 Å². The lowest BCUT2D eigenvalue weighted by atomic mass is 10.1. The van der Waals surface area contributed by atoms with Gasteiger partial charge in [0.1, 0.15) is 0 Å². The van der Waals surface area contributed by atoms with Crippen LogP contribution in [0, 0.1) is 6.92 Å². The fourth-order valence-electron chi connectivity index (χ4n) is 3.68. The summed E-state index contributed by atoms with van der Waals surface area (Å²) in [6.45, 7) is 3.45. The van der Waals surface area contributed by atoms with Gasteiger partial charge in [-0.1, -0.05) is 35.0 Å². The molecule has 0 radical (unpaired) electrons. The van der Waals surface area contributed by atoms with Crippen LogP contribution >= 0.6 is 0 Å². The Hall–Kier alpha value is -3.35. The summed E-state index contributed by atoms with van der Waals surface area (Å²) >= 11 is 0. The highest BCUT2D eigenvalue weighted by molar-refractivity contribution is 5.79. The molecule has 7 heteroatoms. The van der Waals surface area contributed by atoms with Crippen molar-refractivity contribution in [1.29, 1.82) is 0 Å². The van der Waals surface area contributed by atoms with Gasteiger partial charge in [0.15, 0.2) is 11.5 Å². The van der Waals surface area contributed by atoms with E-state index in [0.717, 1.165) is 11.1 Å². The first-order valence-electron chi connectivity index (χ1n) is 9.22. The molecule has 2 aliphatic rings. The number of carbonyl (C=O) groups excluding carboxylic acids is 1. The molecule has 2 aromatic carbocycles. The molecule has 1 atom stereocenters. The van der Waals surface area contributed by atoms with Crippen LogP contribution in [0.15, 0.2) is 47.0 Å². The summed E-state index contributed by atoms with van der Waals surface area (Å²) in [5, 5.41) is 4.09. The molecule has 1 saturated heterocycles. The Morgan fingerprint density at radius 2 is 2.04 bits per heavy atom.